The zero-order valence-electron chi connectivity index (χ0n) is 25.6. The summed E-state index contributed by atoms with van der Waals surface area (Å²) in [6, 6.07) is 12.8. The zero-order valence-corrected chi connectivity index (χ0v) is 25.6. The molecule has 9 rings (SSSR count). The summed E-state index contributed by atoms with van der Waals surface area (Å²) in [6.45, 7) is 5.89. The number of aromatic nitrogens is 2. The van der Waals surface area contributed by atoms with Crippen molar-refractivity contribution in [2.75, 3.05) is 20.1 Å². The first kappa shape index (κ1) is 27.7. The Balaban J connectivity index is 1.40. The minimum Gasteiger partial charge on any atom is -0.472 e. The lowest BCUT2D eigenvalue weighted by atomic mass is 9.78. The van der Waals surface area contributed by atoms with Crippen LogP contribution in [0.25, 0.3) is 32.9 Å². The van der Waals surface area contributed by atoms with E-state index >= 15 is 4.39 Å². The van der Waals surface area contributed by atoms with E-state index in [1.165, 1.54) is 0 Å². The van der Waals surface area contributed by atoms with Crippen molar-refractivity contribution in [1.29, 1.82) is 5.26 Å². The highest BCUT2D eigenvalue weighted by Crippen LogP contribution is 2.47. The standard InChI is InChI=1S/C36H38FN5O2/c1-19-15-25-33(32(37)29(19)24-10-5-8-21-7-4-9-22(17-38)30(21)24)40-36(44-20(2)27-11-6-13-41(27)3)31-28(43)12-14-42(35(25)31)34-23-16-26(34)39-18-23/h5,8,10,12,14-15,20,22-23,26-27,34,39H,4,6-7,9,11,13,16,18H2,1-3H3/t20-,22?,23+,26+,27-,34-/m0/s1. The maximum atomic E-state index is 17.2. The molecule has 44 heavy (non-hydrogen) atoms. The van der Waals surface area contributed by atoms with E-state index in [9.17, 15) is 10.1 Å². The van der Waals surface area contributed by atoms with E-state index in [2.05, 4.69) is 34.0 Å². The maximum Gasteiger partial charge on any atom is 0.227 e. The van der Waals surface area contributed by atoms with E-state index in [1.54, 1.807) is 6.07 Å². The van der Waals surface area contributed by atoms with E-state index in [1.807, 2.05) is 38.2 Å². The van der Waals surface area contributed by atoms with E-state index < -0.39 is 5.82 Å². The number of likely N-dealkylation sites (N-methyl/N-ethyl adjacent to an activating group) is 1. The van der Waals surface area contributed by atoms with Crippen LogP contribution in [0.1, 0.15) is 67.7 Å². The molecule has 2 bridgehead atoms. The molecule has 1 saturated carbocycles. The molecule has 4 fully saturated rings. The van der Waals surface area contributed by atoms with E-state index in [0.29, 0.717) is 33.8 Å². The van der Waals surface area contributed by atoms with Gasteiger partial charge in [0.25, 0.3) is 0 Å². The Labute approximate surface area is 256 Å². The first-order valence-corrected chi connectivity index (χ1v) is 16.2. The zero-order chi connectivity index (χ0) is 30.3. The lowest BCUT2D eigenvalue weighted by Gasteiger charge is -2.37. The second-order valence-corrected chi connectivity index (χ2v) is 13.5. The molecule has 2 aromatic carbocycles. The molecule has 2 aliphatic carbocycles. The third kappa shape index (κ3) is 4.05. The Morgan fingerprint density at radius 1 is 1.23 bits per heavy atom. The van der Waals surface area contributed by atoms with Crippen molar-refractivity contribution in [3.63, 3.8) is 0 Å². The summed E-state index contributed by atoms with van der Waals surface area (Å²) < 4.78 is 26.0. The molecular weight excluding hydrogens is 553 g/mol. The summed E-state index contributed by atoms with van der Waals surface area (Å²) in [7, 11) is 2.10. The van der Waals surface area contributed by atoms with Crippen molar-refractivity contribution < 1.29 is 9.13 Å². The number of nitrogens with one attached hydrogen (secondary N) is 1. The summed E-state index contributed by atoms with van der Waals surface area (Å²) in [5, 5.41) is 14.7. The van der Waals surface area contributed by atoms with Gasteiger partial charge in [0.05, 0.1) is 23.5 Å². The number of pyridine rings is 2. The first-order valence-electron chi connectivity index (χ1n) is 16.2. The van der Waals surface area contributed by atoms with Gasteiger partial charge in [0, 0.05) is 41.8 Å². The number of nitrogens with zero attached hydrogens (tertiary/aromatic N) is 4. The van der Waals surface area contributed by atoms with Crippen molar-refractivity contribution in [3.8, 4) is 23.1 Å². The highest BCUT2D eigenvalue weighted by atomic mass is 19.1. The fraction of sp³-hybridized carbons (Fsp3) is 0.472. The van der Waals surface area contributed by atoms with Gasteiger partial charge in [-0.1, -0.05) is 18.2 Å². The number of nitriles is 1. The summed E-state index contributed by atoms with van der Waals surface area (Å²) in [6.07, 6.45) is 7.45. The highest BCUT2D eigenvalue weighted by molar-refractivity contribution is 6.07. The van der Waals surface area contributed by atoms with E-state index in [4.69, 9.17) is 9.72 Å². The fourth-order valence-electron chi connectivity index (χ4n) is 8.79. The van der Waals surface area contributed by atoms with Crippen LogP contribution in [0.5, 0.6) is 5.88 Å². The number of likely N-dealkylation sites (tertiary alicyclic amines) is 1. The van der Waals surface area contributed by atoms with Gasteiger partial charge in [-0.25, -0.2) is 9.37 Å². The second-order valence-electron chi connectivity index (χ2n) is 13.5. The van der Waals surface area contributed by atoms with Crippen LogP contribution < -0.4 is 15.5 Å². The molecular formula is C36H38FN5O2. The van der Waals surface area contributed by atoms with Crippen LogP contribution >= 0.6 is 0 Å². The Kier molecular flexibility index (Phi) is 6.55. The summed E-state index contributed by atoms with van der Waals surface area (Å²) in [5.41, 5.74) is 4.81. The van der Waals surface area contributed by atoms with E-state index in [-0.39, 0.29) is 40.9 Å². The summed E-state index contributed by atoms with van der Waals surface area (Å²) >= 11 is 0. The normalized spacial score (nSPS) is 26.8. The predicted octanol–water partition coefficient (Wildman–Crippen LogP) is 6.00. The molecule has 1 unspecified atom stereocenters. The average molecular weight is 592 g/mol. The van der Waals surface area contributed by atoms with Crippen molar-refractivity contribution in [2.24, 2.45) is 5.92 Å². The molecule has 0 amide bonds. The molecule has 2 aromatic heterocycles. The van der Waals surface area contributed by atoms with Gasteiger partial charge in [0.1, 0.15) is 17.0 Å². The van der Waals surface area contributed by atoms with Crippen molar-refractivity contribution in [2.45, 2.75) is 82.5 Å². The molecule has 3 saturated heterocycles. The van der Waals surface area contributed by atoms with Crippen LogP contribution in [-0.4, -0.2) is 52.8 Å². The molecule has 4 aromatic rings. The van der Waals surface area contributed by atoms with Crippen LogP contribution in [0.15, 0.2) is 41.3 Å². The molecule has 7 nitrogen and oxygen atoms in total. The number of benzene rings is 2. The van der Waals surface area contributed by atoms with Crippen molar-refractivity contribution in [3.05, 3.63) is 69.3 Å². The Hall–Kier alpha value is -3.80. The molecule has 6 atom stereocenters. The second kappa shape index (κ2) is 10.4. The molecule has 0 spiro atoms. The lowest BCUT2D eigenvalue weighted by Crippen LogP contribution is -2.39. The minimum absolute atomic E-state index is 0.164. The van der Waals surface area contributed by atoms with Gasteiger partial charge < -0.3 is 14.6 Å². The predicted molar refractivity (Wildman–Crippen MR) is 170 cm³/mol. The summed E-state index contributed by atoms with van der Waals surface area (Å²) in [4.78, 5) is 20.8. The number of hydrogen-bond donors (Lipinski definition) is 1. The SMILES string of the molecule is Cc1cc2c(nc(O[C@@H](C)[C@@H]3CCCN3C)c3c(=O)ccn([C@H]4[C@H]5CN[C@@H]4C5)c32)c(F)c1-c1cccc2c1C(C#N)CCC2. The minimum atomic E-state index is -0.425. The lowest BCUT2D eigenvalue weighted by molar-refractivity contribution is 0.119. The quantitative estimate of drug-likeness (QED) is 0.287. The van der Waals surface area contributed by atoms with Gasteiger partial charge in [-0.05, 0) is 100 Å². The molecule has 5 aliphatic rings. The Morgan fingerprint density at radius 2 is 2.09 bits per heavy atom. The Morgan fingerprint density at radius 3 is 2.82 bits per heavy atom. The van der Waals surface area contributed by atoms with Crippen LogP contribution in [0.4, 0.5) is 4.39 Å². The molecule has 226 valence electrons. The average Bonchev–Trinajstić information content (AvgIpc) is 3.77. The monoisotopic (exact) mass is 591 g/mol. The highest BCUT2D eigenvalue weighted by Gasteiger charge is 2.48. The molecule has 5 heterocycles. The number of halogens is 1. The largest absolute Gasteiger partial charge is 0.472 e. The van der Waals surface area contributed by atoms with Gasteiger partial charge in [-0.15, -0.1) is 0 Å². The van der Waals surface area contributed by atoms with Crippen LogP contribution in [-0.2, 0) is 6.42 Å². The van der Waals surface area contributed by atoms with Gasteiger partial charge in [0.15, 0.2) is 11.2 Å². The molecule has 3 aliphatic heterocycles. The Bertz CT molecular complexity index is 1910. The number of hydrogen-bond acceptors (Lipinski definition) is 6. The topological polar surface area (TPSA) is 83.2 Å². The third-order valence-electron chi connectivity index (χ3n) is 11.0. The molecule has 1 N–H and O–H groups in total. The summed E-state index contributed by atoms with van der Waals surface area (Å²) in [5.74, 6) is -0.0270. The number of fused-ring (bicyclic) bond motifs is 5. The first-order chi connectivity index (χ1) is 21.4. The molecule has 8 heteroatoms. The van der Waals surface area contributed by atoms with Crippen molar-refractivity contribution in [1.82, 2.24) is 19.8 Å². The third-order valence-corrected chi connectivity index (χ3v) is 11.0. The fourth-order valence-corrected chi connectivity index (χ4v) is 8.79. The number of rotatable bonds is 5. The van der Waals surface area contributed by atoms with E-state index in [0.717, 1.165) is 73.9 Å². The van der Waals surface area contributed by atoms with Crippen LogP contribution in [0, 0.1) is 30.0 Å². The van der Waals surface area contributed by atoms with Crippen LogP contribution in [0.2, 0.25) is 0 Å². The van der Waals surface area contributed by atoms with Crippen molar-refractivity contribution >= 4 is 21.8 Å². The number of ether oxygens (including phenoxy) is 1. The smallest absolute Gasteiger partial charge is 0.227 e. The van der Waals surface area contributed by atoms with Crippen LogP contribution in [0.3, 0.4) is 0 Å². The molecule has 0 radical (unpaired) electrons. The van der Waals surface area contributed by atoms with Gasteiger partial charge in [0.2, 0.25) is 5.88 Å². The van der Waals surface area contributed by atoms with Gasteiger partial charge >= 0.3 is 0 Å². The maximum absolute atomic E-state index is 17.2. The van der Waals surface area contributed by atoms with Gasteiger partial charge in [-0.2, -0.15) is 5.26 Å². The number of aryl methyl sites for hydroxylation is 2. The van der Waals surface area contributed by atoms with Gasteiger partial charge in [-0.3, -0.25) is 9.69 Å².